The van der Waals surface area contributed by atoms with Crippen LogP contribution in [0.5, 0.6) is 0 Å². The molecule has 0 aliphatic carbocycles. The lowest BCUT2D eigenvalue weighted by molar-refractivity contribution is -0.140. The number of hydrogen-bond donors (Lipinski definition) is 2. The Morgan fingerprint density at radius 3 is 2.43 bits per heavy atom. The molecule has 2 aromatic heterocycles. The number of carbonyl (C=O) groups excluding carboxylic acids is 1. The van der Waals surface area contributed by atoms with E-state index in [1.165, 1.54) is 16.5 Å². The SMILES string of the molecule is CC(C)c1ccc(COC(=O)Nc2nc(Cl)c3ncn(C(Cc4ccccc4)C(=O)O)c3n2)cc1. The fourth-order valence-electron chi connectivity index (χ4n) is 3.58. The number of aromatic nitrogens is 4. The smallest absolute Gasteiger partial charge is 0.414 e. The number of carbonyl (C=O) groups is 2. The maximum Gasteiger partial charge on any atom is 0.414 e. The maximum absolute atomic E-state index is 12.3. The summed E-state index contributed by atoms with van der Waals surface area (Å²) in [5.74, 6) is -0.763. The van der Waals surface area contributed by atoms with E-state index < -0.39 is 18.1 Å². The number of aliphatic carboxylic acids is 1. The van der Waals surface area contributed by atoms with Crippen LogP contribution < -0.4 is 5.32 Å². The third-order valence-electron chi connectivity index (χ3n) is 5.50. The molecule has 2 N–H and O–H groups in total. The van der Waals surface area contributed by atoms with Crippen LogP contribution in [0.4, 0.5) is 10.7 Å². The van der Waals surface area contributed by atoms with Crippen molar-refractivity contribution in [2.45, 2.75) is 38.8 Å². The van der Waals surface area contributed by atoms with Crippen molar-refractivity contribution >= 4 is 40.8 Å². The van der Waals surface area contributed by atoms with E-state index in [1.54, 1.807) is 0 Å². The number of fused-ring (bicyclic) bond motifs is 1. The van der Waals surface area contributed by atoms with Crippen LogP contribution in [-0.2, 0) is 22.6 Å². The van der Waals surface area contributed by atoms with Gasteiger partial charge in [0.1, 0.15) is 18.2 Å². The number of benzene rings is 2. The number of nitrogens with zero attached hydrogens (tertiary/aromatic N) is 4. The Labute approximate surface area is 206 Å². The molecule has 9 nitrogen and oxygen atoms in total. The van der Waals surface area contributed by atoms with Crippen LogP contribution in [0.3, 0.4) is 0 Å². The summed E-state index contributed by atoms with van der Waals surface area (Å²) in [6, 6.07) is 16.0. The van der Waals surface area contributed by atoms with Crippen LogP contribution in [0.25, 0.3) is 11.2 Å². The molecule has 1 amide bonds. The van der Waals surface area contributed by atoms with Crippen molar-refractivity contribution in [3.8, 4) is 0 Å². The van der Waals surface area contributed by atoms with Gasteiger partial charge in [0, 0.05) is 6.42 Å². The van der Waals surface area contributed by atoms with Gasteiger partial charge in [-0.1, -0.05) is 80.0 Å². The Bertz CT molecular complexity index is 1340. The summed E-state index contributed by atoms with van der Waals surface area (Å²) in [5.41, 5.74) is 3.29. The molecule has 2 heterocycles. The molecular formula is C25H24ClN5O4. The summed E-state index contributed by atoms with van der Waals surface area (Å²) in [5, 5.41) is 12.3. The second-order valence-corrected chi connectivity index (χ2v) is 8.66. The van der Waals surface area contributed by atoms with Gasteiger partial charge in [0.2, 0.25) is 5.95 Å². The number of hydrogen-bond acceptors (Lipinski definition) is 6. The Hall–Kier alpha value is -3.98. The first-order chi connectivity index (χ1) is 16.8. The van der Waals surface area contributed by atoms with Crippen molar-refractivity contribution in [1.82, 2.24) is 19.5 Å². The monoisotopic (exact) mass is 493 g/mol. The first kappa shape index (κ1) is 24.2. The second kappa shape index (κ2) is 10.5. The van der Waals surface area contributed by atoms with Gasteiger partial charge in [-0.2, -0.15) is 9.97 Å². The Balaban J connectivity index is 1.51. The molecule has 1 atom stereocenters. The number of imidazole rings is 1. The Kier molecular flexibility index (Phi) is 7.26. The van der Waals surface area contributed by atoms with Gasteiger partial charge in [-0.25, -0.2) is 14.6 Å². The van der Waals surface area contributed by atoms with Crippen LogP contribution in [0.1, 0.15) is 42.5 Å². The molecule has 0 fully saturated rings. The number of carboxylic acids is 1. The zero-order chi connectivity index (χ0) is 24.9. The molecule has 0 saturated heterocycles. The van der Waals surface area contributed by atoms with Crippen LogP contribution >= 0.6 is 11.6 Å². The summed E-state index contributed by atoms with van der Waals surface area (Å²) in [6.07, 6.45) is 0.804. The average molecular weight is 494 g/mol. The van der Waals surface area contributed by atoms with E-state index >= 15 is 0 Å². The highest BCUT2D eigenvalue weighted by molar-refractivity contribution is 6.33. The normalized spacial score (nSPS) is 12.0. The first-order valence-corrected chi connectivity index (χ1v) is 11.4. The molecule has 4 rings (SSSR count). The lowest BCUT2D eigenvalue weighted by atomic mass is 10.0. The van der Waals surface area contributed by atoms with Gasteiger partial charge in [-0.3, -0.25) is 5.32 Å². The van der Waals surface area contributed by atoms with E-state index in [0.29, 0.717) is 5.92 Å². The predicted molar refractivity (Wildman–Crippen MR) is 131 cm³/mol. The zero-order valence-electron chi connectivity index (χ0n) is 19.2. The number of ether oxygens (including phenoxy) is 1. The maximum atomic E-state index is 12.3. The summed E-state index contributed by atoms with van der Waals surface area (Å²) < 4.78 is 6.68. The van der Waals surface area contributed by atoms with E-state index in [0.717, 1.165) is 11.1 Å². The molecule has 4 aromatic rings. The van der Waals surface area contributed by atoms with Crippen LogP contribution in [0, 0.1) is 0 Å². The van der Waals surface area contributed by atoms with Gasteiger partial charge in [-0.05, 0) is 22.6 Å². The van der Waals surface area contributed by atoms with Crippen molar-refractivity contribution < 1.29 is 19.4 Å². The molecule has 10 heteroatoms. The van der Waals surface area contributed by atoms with E-state index in [9.17, 15) is 14.7 Å². The first-order valence-electron chi connectivity index (χ1n) is 11.0. The molecule has 1 unspecified atom stereocenters. The molecule has 0 spiro atoms. The largest absolute Gasteiger partial charge is 0.480 e. The van der Waals surface area contributed by atoms with Crippen LogP contribution in [-0.4, -0.2) is 36.7 Å². The van der Waals surface area contributed by atoms with Crippen molar-refractivity contribution in [1.29, 1.82) is 0 Å². The molecule has 0 radical (unpaired) electrons. The van der Waals surface area contributed by atoms with E-state index in [-0.39, 0.29) is 35.3 Å². The number of amides is 1. The number of rotatable bonds is 8. The molecule has 0 aliphatic heterocycles. The molecule has 2 aromatic carbocycles. The van der Waals surface area contributed by atoms with Crippen LogP contribution in [0.15, 0.2) is 60.9 Å². The molecule has 35 heavy (non-hydrogen) atoms. The zero-order valence-corrected chi connectivity index (χ0v) is 19.9. The lowest BCUT2D eigenvalue weighted by Crippen LogP contribution is -2.21. The summed E-state index contributed by atoms with van der Waals surface area (Å²) in [4.78, 5) is 36.9. The highest BCUT2D eigenvalue weighted by Gasteiger charge is 2.24. The Morgan fingerprint density at radius 1 is 1.06 bits per heavy atom. The summed E-state index contributed by atoms with van der Waals surface area (Å²) >= 11 is 6.25. The third-order valence-corrected chi connectivity index (χ3v) is 5.77. The third kappa shape index (κ3) is 5.75. The highest BCUT2D eigenvalue weighted by Crippen LogP contribution is 2.25. The lowest BCUT2D eigenvalue weighted by Gasteiger charge is -2.15. The summed E-state index contributed by atoms with van der Waals surface area (Å²) in [6.45, 7) is 4.27. The second-order valence-electron chi connectivity index (χ2n) is 8.30. The topological polar surface area (TPSA) is 119 Å². The minimum absolute atomic E-state index is 0.0165. The summed E-state index contributed by atoms with van der Waals surface area (Å²) in [7, 11) is 0. The fourth-order valence-corrected chi connectivity index (χ4v) is 3.80. The van der Waals surface area contributed by atoms with Gasteiger partial charge in [0.15, 0.2) is 10.8 Å². The number of anilines is 1. The van der Waals surface area contributed by atoms with Gasteiger partial charge in [-0.15, -0.1) is 0 Å². The van der Waals surface area contributed by atoms with Gasteiger partial charge < -0.3 is 14.4 Å². The standard InChI is InChI=1S/C25H24ClN5O4/c1-15(2)18-10-8-17(9-11-18)13-35-25(34)30-24-28-21(26)20-22(29-24)31(14-27-20)19(23(32)33)12-16-6-4-3-5-7-16/h3-11,14-15,19H,12-13H2,1-2H3,(H,32,33)(H,28,29,30,34). The van der Waals surface area contributed by atoms with E-state index in [2.05, 4.69) is 34.1 Å². The number of carboxylic acid groups (broad SMARTS) is 1. The van der Waals surface area contributed by atoms with Gasteiger partial charge in [0.05, 0.1) is 6.33 Å². The molecule has 0 saturated carbocycles. The van der Waals surface area contributed by atoms with E-state index in [1.807, 2.05) is 54.6 Å². The Morgan fingerprint density at radius 2 is 1.77 bits per heavy atom. The quantitative estimate of drug-likeness (QED) is 0.323. The minimum atomic E-state index is -1.06. The van der Waals surface area contributed by atoms with Crippen molar-refractivity contribution in [2.24, 2.45) is 0 Å². The van der Waals surface area contributed by atoms with Crippen LogP contribution in [0.2, 0.25) is 5.15 Å². The number of nitrogens with one attached hydrogen (secondary N) is 1. The van der Waals surface area contributed by atoms with Gasteiger partial charge in [0.25, 0.3) is 0 Å². The van der Waals surface area contributed by atoms with Crippen molar-refractivity contribution in [3.05, 3.63) is 82.8 Å². The molecule has 0 aliphatic rings. The minimum Gasteiger partial charge on any atom is -0.480 e. The number of halogens is 1. The molecular weight excluding hydrogens is 470 g/mol. The van der Waals surface area contributed by atoms with Crippen molar-refractivity contribution in [2.75, 3.05) is 5.32 Å². The fraction of sp³-hybridized carbons (Fsp3) is 0.240. The molecule has 0 bridgehead atoms. The van der Waals surface area contributed by atoms with Gasteiger partial charge >= 0.3 is 12.1 Å². The highest BCUT2D eigenvalue weighted by atomic mass is 35.5. The molecule has 180 valence electrons. The average Bonchev–Trinajstić information content (AvgIpc) is 3.26. The predicted octanol–water partition coefficient (Wildman–Crippen LogP) is 5.22. The van der Waals surface area contributed by atoms with E-state index in [4.69, 9.17) is 16.3 Å². The van der Waals surface area contributed by atoms with Crippen molar-refractivity contribution in [3.63, 3.8) is 0 Å².